The largest absolute Gasteiger partial charge is 0.383 e. The Labute approximate surface area is 125 Å². The Morgan fingerprint density at radius 1 is 1.43 bits per heavy atom. The van der Waals surface area contributed by atoms with E-state index in [0.29, 0.717) is 38.3 Å². The van der Waals surface area contributed by atoms with E-state index in [2.05, 4.69) is 10.6 Å². The highest BCUT2D eigenvalue weighted by molar-refractivity contribution is 5.76. The number of anilines is 1. The summed E-state index contributed by atoms with van der Waals surface area (Å²) in [5.74, 6) is -0.335. The minimum absolute atomic E-state index is 0.0574. The predicted molar refractivity (Wildman–Crippen MR) is 81.9 cm³/mol. The molecular weight excluding hydrogens is 273 g/mol. The van der Waals surface area contributed by atoms with Gasteiger partial charge in [0.2, 0.25) is 5.91 Å². The topological polar surface area (TPSA) is 53.6 Å². The van der Waals surface area contributed by atoms with Gasteiger partial charge in [-0.15, -0.1) is 0 Å². The Balaban J connectivity index is 2.71. The van der Waals surface area contributed by atoms with E-state index in [-0.39, 0.29) is 11.7 Å². The summed E-state index contributed by atoms with van der Waals surface area (Å²) in [7, 11) is 5.03. The number of carbonyl (C=O) groups is 1. The van der Waals surface area contributed by atoms with Gasteiger partial charge in [-0.05, 0) is 11.6 Å². The van der Waals surface area contributed by atoms with Gasteiger partial charge in [0.15, 0.2) is 0 Å². The van der Waals surface area contributed by atoms with Gasteiger partial charge in [-0.25, -0.2) is 4.39 Å². The van der Waals surface area contributed by atoms with Crippen molar-refractivity contribution in [2.75, 3.05) is 45.8 Å². The van der Waals surface area contributed by atoms with Crippen LogP contribution in [0.15, 0.2) is 18.2 Å². The molecular formula is C15H24FN3O2. The first-order chi connectivity index (χ1) is 10.1. The molecule has 2 N–H and O–H groups in total. The second-order valence-electron chi connectivity index (χ2n) is 4.76. The molecule has 0 aliphatic carbocycles. The Bertz CT molecular complexity index is 455. The maximum atomic E-state index is 14.1. The minimum Gasteiger partial charge on any atom is -0.383 e. The molecule has 1 amide bonds. The van der Waals surface area contributed by atoms with Crippen molar-refractivity contribution in [2.24, 2.45) is 0 Å². The lowest BCUT2D eigenvalue weighted by Gasteiger charge is -2.23. The fraction of sp³-hybridized carbons (Fsp3) is 0.533. The Morgan fingerprint density at radius 2 is 2.19 bits per heavy atom. The zero-order chi connectivity index (χ0) is 15.7. The minimum atomic E-state index is -0.277. The van der Waals surface area contributed by atoms with E-state index < -0.39 is 0 Å². The summed E-state index contributed by atoms with van der Waals surface area (Å²) < 4.78 is 19.1. The first-order valence-electron chi connectivity index (χ1n) is 6.99. The molecule has 6 heteroatoms. The van der Waals surface area contributed by atoms with Gasteiger partial charge < -0.3 is 20.3 Å². The van der Waals surface area contributed by atoms with Crippen molar-refractivity contribution in [1.29, 1.82) is 0 Å². The molecule has 0 spiro atoms. The molecule has 1 aromatic carbocycles. The zero-order valence-corrected chi connectivity index (χ0v) is 12.9. The molecule has 21 heavy (non-hydrogen) atoms. The quantitative estimate of drug-likeness (QED) is 0.671. The number of benzene rings is 1. The van der Waals surface area contributed by atoms with Crippen LogP contribution in [0.5, 0.6) is 0 Å². The SMILES string of the molecule is CNC(=O)CCN(C)c1c(F)cccc1CNCCOC. The fourth-order valence-electron chi connectivity index (χ4n) is 2.03. The molecule has 0 aliphatic heterocycles. The van der Waals surface area contributed by atoms with Gasteiger partial charge in [0, 0.05) is 47.3 Å². The van der Waals surface area contributed by atoms with Crippen LogP contribution < -0.4 is 15.5 Å². The first kappa shape index (κ1) is 17.4. The number of carbonyl (C=O) groups excluding carboxylic acids is 1. The average molecular weight is 297 g/mol. The van der Waals surface area contributed by atoms with E-state index in [1.807, 2.05) is 6.07 Å². The van der Waals surface area contributed by atoms with Crippen LogP contribution in [0.2, 0.25) is 0 Å². The van der Waals surface area contributed by atoms with Crippen molar-refractivity contribution in [3.05, 3.63) is 29.6 Å². The third-order valence-electron chi connectivity index (χ3n) is 3.20. The molecule has 0 bridgehead atoms. The van der Waals surface area contributed by atoms with Crippen LogP contribution in [0.3, 0.4) is 0 Å². The van der Waals surface area contributed by atoms with Crippen molar-refractivity contribution < 1.29 is 13.9 Å². The number of amides is 1. The van der Waals surface area contributed by atoms with Crippen LogP contribution in [-0.4, -0.2) is 46.8 Å². The number of rotatable bonds is 9. The average Bonchev–Trinajstić information content (AvgIpc) is 2.49. The van der Waals surface area contributed by atoms with E-state index in [1.54, 1.807) is 32.2 Å². The third-order valence-corrected chi connectivity index (χ3v) is 3.20. The lowest BCUT2D eigenvalue weighted by molar-refractivity contribution is -0.120. The molecule has 118 valence electrons. The van der Waals surface area contributed by atoms with Crippen LogP contribution >= 0.6 is 0 Å². The van der Waals surface area contributed by atoms with Gasteiger partial charge in [0.25, 0.3) is 0 Å². The predicted octanol–water partition coefficient (Wildman–Crippen LogP) is 1.13. The number of nitrogens with zero attached hydrogens (tertiary/aromatic N) is 1. The summed E-state index contributed by atoms with van der Waals surface area (Å²) in [6.07, 6.45) is 0.331. The smallest absolute Gasteiger partial charge is 0.221 e. The standard InChI is InChI=1S/C15H24FN3O2/c1-17-14(20)7-9-19(2)15-12(5-4-6-13(15)16)11-18-8-10-21-3/h4-6,18H,7-11H2,1-3H3,(H,17,20). The van der Waals surface area contributed by atoms with E-state index in [0.717, 1.165) is 5.56 Å². The number of nitrogens with one attached hydrogen (secondary N) is 2. The number of hydrogen-bond donors (Lipinski definition) is 2. The molecule has 0 saturated carbocycles. The molecule has 0 fully saturated rings. The van der Waals surface area contributed by atoms with Gasteiger partial charge in [0.05, 0.1) is 12.3 Å². The highest BCUT2D eigenvalue weighted by atomic mass is 19.1. The van der Waals surface area contributed by atoms with Gasteiger partial charge >= 0.3 is 0 Å². The third kappa shape index (κ3) is 5.69. The molecule has 0 saturated heterocycles. The number of methoxy groups -OCH3 is 1. The fourth-order valence-corrected chi connectivity index (χ4v) is 2.03. The Hall–Kier alpha value is -1.66. The van der Waals surface area contributed by atoms with Crippen LogP contribution in [0.4, 0.5) is 10.1 Å². The molecule has 0 unspecified atom stereocenters. The van der Waals surface area contributed by atoms with E-state index in [1.165, 1.54) is 6.07 Å². The van der Waals surface area contributed by atoms with E-state index >= 15 is 0 Å². The Kier molecular flexibility index (Phi) is 7.71. The van der Waals surface area contributed by atoms with Crippen molar-refractivity contribution in [3.8, 4) is 0 Å². The van der Waals surface area contributed by atoms with Gasteiger partial charge in [-0.1, -0.05) is 12.1 Å². The molecule has 0 aromatic heterocycles. The van der Waals surface area contributed by atoms with Crippen molar-refractivity contribution in [3.63, 3.8) is 0 Å². The molecule has 1 rings (SSSR count). The number of para-hydroxylation sites is 1. The molecule has 0 heterocycles. The summed E-state index contributed by atoms with van der Waals surface area (Å²) in [6, 6.07) is 5.01. The molecule has 0 atom stereocenters. The van der Waals surface area contributed by atoms with Crippen molar-refractivity contribution >= 4 is 11.6 Å². The number of ether oxygens (including phenoxy) is 1. The van der Waals surface area contributed by atoms with Gasteiger partial charge in [0.1, 0.15) is 5.82 Å². The van der Waals surface area contributed by atoms with Crippen molar-refractivity contribution in [2.45, 2.75) is 13.0 Å². The molecule has 0 radical (unpaired) electrons. The van der Waals surface area contributed by atoms with Crippen LogP contribution in [-0.2, 0) is 16.1 Å². The Morgan fingerprint density at radius 3 is 2.86 bits per heavy atom. The summed E-state index contributed by atoms with van der Waals surface area (Å²) in [5.41, 5.74) is 1.40. The number of hydrogen-bond acceptors (Lipinski definition) is 4. The van der Waals surface area contributed by atoms with E-state index in [9.17, 15) is 9.18 Å². The van der Waals surface area contributed by atoms with E-state index in [4.69, 9.17) is 4.74 Å². The highest BCUT2D eigenvalue weighted by Crippen LogP contribution is 2.23. The maximum Gasteiger partial charge on any atom is 0.221 e. The highest BCUT2D eigenvalue weighted by Gasteiger charge is 2.13. The summed E-state index contributed by atoms with van der Waals surface area (Å²) in [4.78, 5) is 13.1. The zero-order valence-electron chi connectivity index (χ0n) is 12.9. The second-order valence-corrected chi connectivity index (χ2v) is 4.76. The summed E-state index contributed by atoms with van der Waals surface area (Å²) in [6.45, 7) is 2.33. The molecule has 5 nitrogen and oxygen atoms in total. The van der Waals surface area contributed by atoms with Crippen LogP contribution in [0.25, 0.3) is 0 Å². The normalized spacial score (nSPS) is 10.5. The lowest BCUT2D eigenvalue weighted by atomic mass is 10.1. The maximum absolute atomic E-state index is 14.1. The monoisotopic (exact) mass is 297 g/mol. The second kappa shape index (κ2) is 9.31. The molecule has 0 aliphatic rings. The van der Waals surface area contributed by atoms with Crippen LogP contribution in [0.1, 0.15) is 12.0 Å². The van der Waals surface area contributed by atoms with Gasteiger partial charge in [-0.3, -0.25) is 4.79 Å². The lowest BCUT2D eigenvalue weighted by Crippen LogP contribution is -2.28. The first-order valence-corrected chi connectivity index (χ1v) is 6.99. The van der Waals surface area contributed by atoms with Crippen LogP contribution in [0, 0.1) is 5.82 Å². The number of halogens is 1. The van der Waals surface area contributed by atoms with Gasteiger partial charge in [-0.2, -0.15) is 0 Å². The molecule has 1 aromatic rings. The summed E-state index contributed by atoms with van der Waals surface area (Å²) in [5, 5.41) is 5.77. The summed E-state index contributed by atoms with van der Waals surface area (Å²) >= 11 is 0. The van der Waals surface area contributed by atoms with Crippen molar-refractivity contribution in [1.82, 2.24) is 10.6 Å².